The monoisotopic (exact) mass is 147 g/mol. The quantitative estimate of drug-likeness (QED) is 0.437. The summed E-state index contributed by atoms with van der Waals surface area (Å²) >= 11 is 0. The highest BCUT2D eigenvalue weighted by atomic mass is 16.5. The molecular formula is C6H13NO3. The highest BCUT2D eigenvalue weighted by Crippen LogP contribution is 2.01. The minimum Gasteiger partial charge on any atom is -0.394 e. The summed E-state index contributed by atoms with van der Waals surface area (Å²) in [5.41, 5.74) is 0. The number of nitrogens with one attached hydrogen (secondary N) is 1. The summed E-state index contributed by atoms with van der Waals surface area (Å²) in [6, 6.07) is 0. The zero-order chi connectivity index (χ0) is 7.40. The third-order valence-electron chi connectivity index (χ3n) is 1.54. The maximum absolute atomic E-state index is 8.66. The number of hydrogen-bond acceptors (Lipinski definition) is 4. The van der Waals surface area contributed by atoms with Crippen LogP contribution in [0.4, 0.5) is 0 Å². The van der Waals surface area contributed by atoms with Gasteiger partial charge in [-0.1, -0.05) is 0 Å². The number of morpholine rings is 1. The van der Waals surface area contributed by atoms with E-state index in [0.29, 0.717) is 13.1 Å². The molecule has 0 aromatic rings. The van der Waals surface area contributed by atoms with Crippen LogP contribution in [0.1, 0.15) is 0 Å². The minimum absolute atomic E-state index is 0.0174. The Morgan fingerprint density at radius 1 is 1.20 bits per heavy atom. The molecule has 4 heteroatoms. The SMILES string of the molecule is OC[C@@H]1CNC[C@H](CO)O1. The van der Waals surface area contributed by atoms with Gasteiger partial charge in [0.15, 0.2) is 0 Å². The van der Waals surface area contributed by atoms with E-state index in [1.54, 1.807) is 0 Å². The van der Waals surface area contributed by atoms with E-state index in [4.69, 9.17) is 14.9 Å². The van der Waals surface area contributed by atoms with Gasteiger partial charge in [0.25, 0.3) is 0 Å². The summed E-state index contributed by atoms with van der Waals surface area (Å²) in [5, 5.41) is 20.4. The van der Waals surface area contributed by atoms with E-state index >= 15 is 0 Å². The van der Waals surface area contributed by atoms with Gasteiger partial charge in [0.2, 0.25) is 0 Å². The van der Waals surface area contributed by atoms with Crippen LogP contribution in [0, 0.1) is 0 Å². The molecule has 4 nitrogen and oxygen atoms in total. The van der Waals surface area contributed by atoms with Crippen molar-refractivity contribution in [2.75, 3.05) is 26.3 Å². The molecule has 1 fully saturated rings. The van der Waals surface area contributed by atoms with Crippen molar-refractivity contribution in [1.29, 1.82) is 0 Å². The fourth-order valence-corrected chi connectivity index (χ4v) is 0.989. The normalized spacial score (nSPS) is 34.2. The molecule has 60 valence electrons. The first-order valence-electron chi connectivity index (χ1n) is 3.44. The van der Waals surface area contributed by atoms with Crippen LogP contribution in [0.25, 0.3) is 0 Å². The van der Waals surface area contributed by atoms with Crippen molar-refractivity contribution in [3.8, 4) is 0 Å². The highest BCUT2D eigenvalue weighted by Gasteiger charge is 2.19. The summed E-state index contributed by atoms with van der Waals surface area (Å²) in [6.07, 6.45) is -0.295. The number of aliphatic hydroxyl groups excluding tert-OH is 2. The average Bonchev–Trinajstić information content (AvgIpc) is 2.05. The van der Waals surface area contributed by atoms with Crippen LogP contribution in [0.3, 0.4) is 0 Å². The summed E-state index contributed by atoms with van der Waals surface area (Å²) in [6.45, 7) is 1.38. The van der Waals surface area contributed by atoms with Crippen molar-refractivity contribution in [2.24, 2.45) is 0 Å². The predicted octanol–water partition coefficient (Wildman–Crippen LogP) is -1.67. The zero-order valence-electron chi connectivity index (χ0n) is 5.79. The van der Waals surface area contributed by atoms with Crippen LogP contribution in [-0.4, -0.2) is 48.7 Å². The Labute approximate surface area is 59.8 Å². The first-order valence-corrected chi connectivity index (χ1v) is 3.44. The molecule has 1 rings (SSSR count). The Bertz CT molecular complexity index is 89.0. The number of ether oxygens (including phenoxy) is 1. The van der Waals surface area contributed by atoms with E-state index in [1.165, 1.54) is 0 Å². The Balaban J connectivity index is 2.25. The predicted molar refractivity (Wildman–Crippen MR) is 35.7 cm³/mol. The molecule has 0 bridgehead atoms. The molecule has 0 spiro atoms. The minimum atomic E-state index is -0.147. The Morgan fingerprint density at radius 3 is 2.10 bits per heavy atom. The lowest BCUT2D eigenvalue weighted by atomic mass is 10.2. The lowest BCUT2D eigenvalue weighted by molar-refractivity contribution is -0.0788. The molecule has 1 aliphatic rings. The summed E-state index contributed by atoms with van der Waals surface area (Å²) < 4.78 is 5.22. The standard InChI is InChI=1S/C6H13NO3/c8-3-5-1-7-2-6(4-9)10-5/h5-9H,1-4H2/t5-,6+. The van der Waals surface area contributed by atoms with Crippen molar-refractivity contribution in [3.63, 3.8) is 0 Å². The van der Waals surface area contributed by atoms with E-state index < -0.39 is 0 Å². The van der Waals surface area contributed by atoms with Gasteiger partial charge in [-0.2, -0.15) is 0 Å². The highest BCUT2D eigenvalue weighted by molar-refractivity contribution is 4.72. The average molecular weight is 147 g/mol. The molecule has 1 heterocycles. The van der Waals surface area contributed by atoms with Gasteiger partial charge in [-0.3, -0.25) is 0 Å². The zero-order valence-corrected chi connectivity index (χ0v) is 5.79. The summed E-state index contributed by atoms with van der Waals surface area (Å²) in [4.78, 5) is 0. The fraction of sp³-hybridized carbons (Fsp3) is 1.00. The molecule has 10 heavy (non-hydrogen) atoms. The molecule has 2 atom stereocenters. The molecule has 0 saturated carbocycles. The Morgan fingerprint density at radius 2 is 1.70 bits per heavy atom. The second kappa shape index (κ2) is 3.88. The molecule has 1 aliphatic heterocycles. The summed E-state index contributed by atoms with van der Waals surface area (Å²) in [7, 11) is 0. The third-order valence-corrected chi connectivity index (χ3v) is 1.54. The maximum atomic E-state index is 8.66. The van der Waals surface area contributed by atoms with Gasteiger partial charge in [-0.25, -0.2) is 0 Å². The number of hydrogen-bond donors (Lipinski definition) is 3. The lowest BCUT2D eigenvalue weighted by Crippen LogP contribution is -2.47. The van der Waals surface area contributed by atoms with Gasteiger partial charge in [-0.05, 0) is 0 Å². The van der Waals surface area contributed by atoms with Crippen LogP contribution in [-0.2, 0) is 4.74 Å². The Hall–Kier alpha value is -0.160. The topological polar surface area (TPSA) is 61.7 Å². The second-order valence-corrected chi connectivity index (χ2v) is 2.40. The van der Waals surface area contributed by atoms with Gasteiger partial charge >= 0.3 is 0 Å². The van der Waals surface area contributed by atoms with Crippen molar-refractivity contribution in [1.82, 2.24) is 5.32 Å². The van der Waals surface area contributed by atoms with Gasteiger partial charge in [-0.15, -0.1) is 0 Å². The molecule has 3 N–H and O–H groups in total. The van der Waals surface area contributed by atoms with Gasteiger partial charge in [0.05, 0.1) is 25.4 Å². The first-order chi connectivity index (χ1) is 4.86. The maximum Gasteiger partial charge on any atom is 0.0935 e. The van der Waals surface area contributed by atoms with E-state index in [1.807, 2.05) is 0 Å². The van der Waals surface area contributed by atoms with Crippen molar-refractivity contribution in [2.45, 2.75) is 12.2 Å². The molecule has 0 aliphatic carbocycles. The van der Waals surface area contributed by atoms with Crippen molar-refractivity contribution < 1.29 is 14.9 Å². The van der Waals surface area contributed by atoms with Crippen LogP contribution in [0.2, 0.25) is 0 Å². The molecule has 0 radical (unpaired) electrons. The smallest absolute Gasteiger partial charge is 0.0935 e. The molecule has 0 unspecified atom stereocenters. The van der Waals surface area contributed by atoms with Crippen molar-refractivity contribution >= 4 is 0 Å². The molecule has 0 aromatic carbocycles. The largest absolute Gasteiger partial charge is 0.394 e. The number of rotatable bonds is 2. The van der Waals surface area contributed by atoms with Crippen LogP contribution in [0.5, 0.6) is 0 Å². The van der Waals surface area contributed by atoms with Crippen LogP contribution < -0.4 is 5.32 Å². The first kappa shape index (κ1) is 7.94. The van der Waals surface area contributed by atoms with E-state index in [9.17, 15) is 0 Å². The molecule has 0 amide bonds. The van der Waals surface area contributed by atoms with Gasteiger partial charge in [0, 0.05) is 13.1 Å². The molecule has 0 aromatic heterocycles. The van der Waals surface area contributed by atoms with Gasteiger partial charge < -0.3 is 20.3 Å². The van der Waals surface area contributed by atoms with E-state index in [0.717, 1.165) is 0 Å². The summed E-state index contributed by atoms with van der Waals surface area (Å²) in [5.74, 6) is 0. The van der Waals surface area contributed by atoms with Crippen LogP contribution in [0.15, 0.2) is 0 Å². The second-order valence-electron chi connectivity index (χ2n) is 2.40. The molecular weight excluding hydrogens is 134 g/mol. The lowest BCUT2D eigenvalue weighted by Gasteiger charge is -2.28. The Kier molecular flexibility index (Phi) is 3.08. The van der Waals surface area contributed by atoms with Gasteiger partial charge in [0.1, 0.15) is 0 Å². The van der Waals surface area contributed by atoms with Crippen molar-refractivity contribution in [3.05, 3.63) is 0 Å². The fourth-order valence-electron chi connectivity index (χ4n) is 0.989. The van der Waals surface area contributed by atoms with Crippen LogP contribution >= 0.6 is 0 Å². The van der Waals surface area contributed by atoms with E-state index in [2.05, 4.69) is 5.32 Å². The van der Waals surface area contributed by atoms with E-state index in [-0.39, 0.29) is 25.4 Å². The third kappa shape index (κ3) is 1.91. The molecule has 1 saturated heterocycles. The number of aliphatic hydroxyl groups is 2.